The summed E-state index contributed by atoms with van der Waals surface area (Å²) in [6.07, 6.45) is 44.5. The lowest BCUT2D eigenvalue weighted by Gasteiger charge is -2.21. The van der Waals surface area contributed by atoms with E-state index in [1.54, 1.807) is 0 Å². The van der Waals surface area contributed by atoms with Crippen molar-refractivity contribution < 1.29 is 80.2 Å². The van der Waals surface area contributed by atoms with Gasteiger partial charge in [0.25, 0.3) is 0 Å². The first-order valence-corrected chi connectivity index (χ1v) is 37.6. The number of phosphoric acid groups is 2. The second-order valence-electron chi connectivity index (χ2n) is 24.3. The van der Waals surface area contributed by atoms with Crippen molar-refractivity contribution in [2.75, 3.05) is 39.6 Å². The smallest absolute Gasteiger partial charge is 0.462 e. The van der Waals surface area contributed by atoms with Crippen LogP contribution in [-0.2, 0) is 65.4 Å². The number of carbonyl (C=O) groups is 4. The molecule has 0 spiro atoms. The van der Waals surface area contributed by atoms with E-state index in [0.29, 0.717) is 25.7 Å². The molecule has 0 aromatic rings. The summed E-state index contributed by atoms with van der Waals surface area (Å²) < 4.78 is 67.9. The Morgan fingerprint density at radius 3 is 0.800 bits per heavy atom. The molecule has 5 atom stereocenters. The van der Waals surface area contributed by atoms with Gasteiger partial charge in [-0.2, -0.15) is 0 Å². The molecule has 19 heteroatoms. The summed E-state index contributed by atoms with van der Waals surface area (Å²) in [6, 6.07) is 0. The van der Waals surface area contributed by atoms with E-state index in [2.05, 4.69) is 34.6 Å². The molecule has 0 aliphatic heterocycles. The first-order chi connectivity index (χ1) is 41.0. The van der Waals surface area contributed by atoms with E-state index < -0.39 is 97.5 Å². The Labute approximate surface area is 517 Å². The van der Waals surface area contributed by atoms with Crippen LogP contribution in [0, 0.1) is 5.92 Å². The molecule has 2 unspecified atom stereocenters. The van der Waals surface area contributed by atoms with Gasteiger partial charge in [0.1, 0.15) is 19.3 Å². The Morgan fingerprint density at radius 2 is 0.541 bits per heavy atom. The van der Waals surface area contributed by atoms with Crippen molar-refractivity contribution in [3.05, 3.63) is 0 Å². The monoisotopic (exact) mass is 1250 g/mol. The topological polar surface area (TPSA) is 237 Å². The molecule has 0 saturated heterocycles. The normalized spacial score (nSPS) is 14.2. The number of unbranched alkanes of at least 4 members (excludes halogenated alkanes) is 38. The molecule has 17 nitrogen and oxygen atoms in total. The second kappa shape index (κ2) is 59.7. The highest BCUT2D eigenvalue weighted by Crippen LogP contribution is 2.45. The Hall–Kier alpha value is -1.94. The minimum atomic E-state index is -4.94. The first-order valence-electron chi connectivity index (χ1n) is 34.6. The highest BCUT2D eigenvalue weighted by molar-refractivity contribution is 7.47. The van der Waals surface area contributed by atoms with E-state index in [9.17, 15) is 43.2 Å². The fourth-order valence-electron chi connectivity index (χ4n) is 9.94. The molecule has 0 rings (SSSR count). The second-order valence-corrected chi connectivity index (χ2v) is 27.2. The van der Waals surface area contributed by atoms with Gasteiger partial charge in [0, 0.05) is 25.7 Å². The lowest BCUT2D eigenvalue weighted by molar-refractivity contribution is -0.161. The zero-order valence-electron chi connectivity index (χ0n) is 54.7. The van der Waals surface area contributed by atoms with Gasteiger partial charge in [-0.25, -0.2) is 9.13 Å². The Balaban J connectivity index is 5.16. The molecule has 0 heterocycles. The zero-order valence-corrected chi connectivity index (χ0v) is 56.5. The maximum Gasteiger partial charge on any atom is 0.472 e. The Bertz CT molecular complexity index is 1650. The van der Waals surface area contributed by atoms with E-state index in [1.807, 2.05) is 0 Å². The third-order valence-electron chi connectivity index (χ3n) is 15.3. The molecule has 3 N–H and O–H groups in total. The van der Waals surface area contributed by atoms with E-state index in [0.717, 1.165) is 109 Å². The summed E-state index contributed by atoms with van der Waals surface area (Å²) in [7, 11) is -9.88. The fraction of sp³-hybridized carbons (Fsp3) is 0.939. The molecule has 0 aliphatic carbocycles. The number of phosphoric ester groups is 2. The van der Waals surface area contributed by atoms with E-state index in [-0.39, 0.29) is 25.7 Å². The average Bonchev–Trinajstić information content (AvgIpc) is 3.53. The molecule has 0 fully saturated rings. The molecule has 0 amide bonds. The molecule has 0 bridgehead atoms. The lowest BCUT2D eigenvalue weighted by atomic mass is 10.0. The third kappa shape index (κ3) is 60.7. The minimum absolute atomic E-state index is 0.105. The minimum Gasteiger partial charge on any atom is -0.462 e. The maximum atomic E-state index is 13.0. The van der Waals surface area contributed by atoms with Gasteiger partial charge in [0.15, 0.2) is 12.2 Å². The van der Waals surface area contributed by atoms with Crippen molar-refractivity contribution in [2.45, 2.75) is 355 Å². The van der Waals surface area contributed by atoms with Crippen molar-refractivity contribution in [2.24, 2.45) is 5.92 Å². The Kier molecular flexibility index (Phi) is 58.3. The van der Waals surface area contributed by atoms with Crippen molar-refractivity contribution in [1.29, 1.82) is 0 Å². The zero-order chi connectivity index (χ0) is 62.8. The van der Waals surface area contributed by atoms with Crippen LogP contribution in [0.2, 0.25) is 0 Å². The number of esters is 4. The van der Waals surface area contributed by atoms with Crippen molar-refractivity contribution in [3.63, 3.8) is 0 Å². The van der Waals surface area contributed by atoms with Gasteiger partial charge in [-0.1, -0.05) is 285 Å². The summed E-state index contributed by atoms with van der Waals surface area (Å²) in [6.45, 7) is 7.18. The van der Waals surface area contributed by atoms with Gasteiger partial charge in [-0.05, 0) is 31.6 Å². The van der Waals surface area contributed by atoms with E-state index in [4.69, 9.17) is 37.0 Å². The first kappa shape index (κ1) is 83.1. The third-order valence-corrected chi connectivity index (χ3v) is 17.2. The van der Waals surface area contributed by atoms with Gasteiger partial charge in [-0.15, -0.1) is 0 Å². The van der Waals surface area contributed by atoms with Crippen LogP contribution >= 0.6 is 15.6 Å². The van der Waals surface area contributed by atoms with Gasteiger partial charge < -0.3 is 33.8 Å². The predicted octanol–water partition coefficient (Wildman–Crippen LogP) is 18.6. The number of hydrogen-bond acceptors (Lipinski definition) is 15. The van der Waals surface area contributed by atoms with Crippen molar-refractivity contribution >= 4 is 39.5 Å². The van der Waals surface area contributed by atoms with Crippen LogP contribution < -0.4 is 0 Å². The standard InChI is InChI=1S/C66H128O17P2/c1-6-9-12-15-18-21-27-31-36-40-45-50-64(69)77-56-62(83-66(71)52-47-42-37-32-29-26-24-22-23-25-28-30-33-38-43-48-59(4)5)58-81-85(74,75)79-54-60(67)53-78-84(72,73)80-57-61(82-65(70)51-46-41-35-20-17-14-11-8-3)55-76-63(68)49-44-39-34-19-16-13-10-7-2/h59-62,67H,6-58H2,1-5H3,(H,72,73)(H,74,75)/t60-,61+,62+/m0/s1. The SMILES string of the molecule is CCCCCCCCCCCCCC(=O)OC[C@H](COP(=O)(O)OC[C@@H](O)COP(=O)(O)OC[C@@H](COC(=O)CCCCCCCCCC)OC(=O)CCCCCCCCCC)OC(=O)CCCCCCCCCCCCCCCCCC(C)C. The van der Waals surface area contributed by atoms with Crippen LogP contribution in [0.25, 0.3) is 0 Å². The summed E-state index contributed by atoms with van der Waals surface area (Å²) in [5, 5.41) is 10.5. The van der Waals surface area contributed by atoms with Crippen molar-refractivity contribution in [3.8, 4) is 0 Å². The van der Waals surface area contributed by atoms with Crippen LogP contribution in [0.15, 0.2) is 0 Å². The molecule has 0 aromatic heterocycles. The highest BCUT2D eigenvalue weighted by Gasteiger charge is 2.30. The molecule has 0 aromatic carbocycles. The lowest BCUT2D eigenvalue weighted by Crippen LogP contribution is -2.30. The summed E-state index contributed by atoms with van der Waals surface area (Å²) >= 11 is 0. The summed E-state index contributed by atoms with van der Waals surface area (Å²) in [5.41, 5.74) is 0. The van der Waals surface area contributed by atoms with Crippen molar-refractivity contribution in [1.82, 2.24) is 0 Å². The van der Waals surface area contributed by atoms with Crippen LogP contribution in [0.4, 0.5) is 0 Å². The largest absolute Gasteiger partial charge is 0.472 e. The van der Waals surface area contributed by atoms with Crippen LogP contribution in [0.3, 0.4) is 0 Å². The highest BCUT2D eigenvalue weighted by atomic mass is 31.2. The van der Waals surface area contributed by atoms with Gasteiger partial charge in [-0.3, -0.25) is 37.3 Å². The van der Waals surface area contributed by atoms with Crippen LogP contribution in [-0.4, -0.2) is 96.7 Å². The van der Waals surface area contributed by atoms with E-state index >= 15 is 0 Å². The number of rotatable bonds is 66. The molecule has 0 aliphatic rings. The molecule has 0 radical (unpaired) electrons. The van der Waals surface area contributed by atoms with Gasteiger partial charge >= 0.3 is 39.5 Å². The maximum absolute atomic E-state index is 13.0. The number of aliphatic hydroxyl groups is 1. The number of carbonyl (C=O) groups excluding carboxylic acids is 4. The van der Waals surface area contributed by atoms with Gasteiger partial charge in [0.05, 0.1) is 26.4 Å². The number of aliphatic hydroxyl groups excluding tert-OH is 1. The quantitative estimate of drug-likeness (QED) is 0.0222. The molecule has 85 heavy (non-hydrogen) atoms. The summed E-state index contributed by atoms with van der Waals surface area (Å²) in [4.78, 5) is 72.1. The predicted molar refractivity (Wildman–Crippen MR) is 340 cm³/mol. The molecule has 0 saturated carbocycles. The molecule has 504 valence electrons. The van der Waals surface area contributed by atoms with Crippen LogP contribution in [0.5, 0.6) is 0 Å². The fourth-order valence-corrected chi connectivity index (χ4v) is 11.5. The van der Waals surface area contributed by atoms with Crippen LogP contribution in [0.1, 0.15) is 336 Å². The number of ether oxygens (including phenoxy) is 4. The summed E-state index contributed by atoms with van der Waals surface area (Å²) in [5.74, 6) is -1.33. The average molecular weight is 1260 g/mol. The van der Waals surface area contributed by atoms with E-state index in [1.165, 1.54) is 148 Å². The number of hydrogen-bond donors (Lipinski definition) is 3. The van der Waals surface area contributed by atoms with Gasteiger partial charge in [0.2, 0.25) is 0 Å². The molecular weight excluding hydrogens is 1130 g/mol. The molecular formula is C66H128O17P2. The Morgan fingerprint density at radius 1 is 0.318 bits per heavy atom.